The lowest BCUT2D eigenvalue weighted by Gasteiger charge is -2.57. The maximum absolute atomic E-state index is 14.3. The first-order valence-corrected chi connectivity index (χ1v) is 10.9. The Bertz CT molecular complexity index is 1160. The third kappa shape index (κ3) is 4.26. The number of amides is 4. The Labute approximate surface area is 200 Å². The number of anilines is 1. The fourth-order valence-electron chi connectivity index (χ4n) is 4.45. The van der Waals surface area contributed by atoms with Crippen molar-refractivity contribution in [3.63, 3.8) is 0 Å². The molecule has 2 saturated heterocycles. The molecule has 1 N–H and O–H groups in total. The van der Waals surface area contributed by atoms with Gasteiger partial charge >= 0.3 is 6.03 Å². The molecule has 35 heavy (non-hydrogen) atoms. The van der Waals surface area contributed by atoms with Crippen molar-refractivity contribution in [3.8, 4) is 5.75 Å². The number of hydrogen-bond acceptors (Lipinski definition) is 4. The maximum atomic E-state index is 14.3. The smallest absolute Gasteiger partial charge is 0.317 e. The van der Waals surface area contributed by atoms with E-state index in [1.165, 1.54) is 65.3 Å². The van der Waals surface area contributed by atoms with E-state index in [1.807, 2.05) is 0 Å². The van der Waals surface area contributed by atoms with E-state index < -0.39 is 35.1 Å². The molecular formula is C24H25F3N4O4. The molecule has 0 aromatic heterocycles. The zero-order chi connectivity index (χ0) is 25.5. The van der Waals surface area contributed by atoms with Crippen LogP contribution in [0, 0.1) is 5.82 Å². The molecular weight excluding hydrogens is 465 g/mol. The molecule has 2 aromatic carbocycles. The molecule has 2 aliphatic heterocycles. The Morgan fingerprint density at radius 1 is 1.14 bits per heavy atom. The molecule has 0 unspecified atom stereocenters. The van der Waals surface area contributed by atoms with E-state index in [0.717, 1.165) is 13.0 Å². The Hall–Kier alpha value is -3.76. The van der Waals surface area contributed by atoms with E-state index in [1.54, 1.807) is 0 Å². The Balaban J connectivity index is 1.66. The molecule has 2 heterocycles. The summed E-state index contributed by atoms with van der Waals surface area (Å²) in [5.74, 6) is -4.57. The van der Waals surface area contributed by atoms with Gasteiger partial charge in [-0.25, -0.2) is 18.0 Å². The van der Waals surface area contributed by atoms with Gasteiger partial charge in [-0.05, 0) is 17.7 Å². The van der Waals surface area contributed by atoms with Gasteiger partial charge in [0.2, 0.25) is 5.91 Å². The second-order valence-electron chi connectivity index (χ2n) is 8.72. The van der Waals surface area contributed by atoms with E-state index in [2.05, 4.69) is 5.32 Å². The number of nitrogens with zero attached hydrogens (tertiary/aromatic N) is 3. The molecule has 0 aliphatic carbocycles. The summed E-state index contributed by atoms with van der Waals surface area (Å²) in [5.41, 5.74) is -0.792. The highest BCUT2D eigenvalue weighted by molar-refractivity contribution is 6.10. The van der Waals surface area contributed by atoms with Crippen LogP contribution in [0.25, 0.3) is 0 Å². The molecule has 2 aromatic rings. The van der Waals surface area contributed by atoms with Crippen molar-refractivity contribution in [2.45, 2.75) is 24.9 Å². The summed E-state index contributed by atoms with van der Waals surface area (Å²) in [6.07, 6.45) is 0. The molecule has 0 radical (unpaired) electrons. The van der Waals surface area contributed by atoms with Crippen molar-refractivity contribution in [1.82, 2.24) is 15.1 Å². The summed E-state index contributed by atoms with van der Waals surface area (Å²) < 4.78 is 46.4. The largest absolute Gasteiger partial charge is 0.494 e. The fraction of sp³-hybridized carbons (Fsp3) is 0.375. The minimum Gasteiger partial charge on any atom is -0.494 e. The number of methoxy groups -OCH3 is 1. The lowest BCUT2D eigenvalue weighted by atomic mass is 9.83. The van der Waals surface area contributed by atoms with Crippen molar-refractivity contribution in [1.29, 1.82) is 0 Å². The van der Waals surface area contributed by atoms with Crippen LogP contribution in [0.5, 0.6) is 5.75 Å². The number of alkyl halides is 2. The van der Waals surface area contributed by atoms with Crippen molar-refractivity contribution < 1.29 is 32.3 Å². The first kappa shape index (κ1) is 24.4. The average molecular weight is 490 g/mol. The van der Waals surface area contributed by atoms with E-state index in [-0.39, 0.29) is 43.2 Å². The Morgan fingerprint density at radius 2 is 1.80 bits per heavy atom. The van der Waals surface area contributed by atoms with Gasteiger partial charge in [-0.2, -0.15) is 0 Å². The number of halogens is 3. The van der Waals surface area contributed by atoms with Gasteiger partial charge in [-0.15, -0.1) is 0 Å². The number of nitrogens with one attached hydrogen (secondary N) is 1. The van der Waals surface area contributed by atoms with Gasteiger partial charge < -0.3 is 24.8 Å². The lowest BCUT2D eigenvalue weighted by molar-refractivity contribution is -0.161. The lowest BCUT2D eigenvalue weighted by Crippen LogP contribution is -2.81. The van der Waals surface area contributed by atoms with Gasteiger partial charge in [-0.3, -0.25) is 9.59 Å². The summed E-state index contributed by atoms with van der Waals surface area (Å²) in [4.78, 5) is 43.1. The number of benzene rings is 2. The standard InChI is InChI=1S/C24H25F3N4O4/c1-23(26,27)16-6-4-15(5-7-16)11-31-20(32)12-30(17-8-9-19(35-3)18(25)10-17)21(33)24(31)13-29(14-24)22(34)28-2/h4-10H,11-14H2,1-3H3,(H,28,34). The number of urea groups is 1. The average Bonchev–Trinajstić information content (AvgIpc) is 2.79. The summed E-state index contributed by atoms with van der Waals surface area (Å²) in [5, 5.41) is 2.49. The Kier molecular flexibility index (Phi) is 6.12. The molecule has 2 fully saturated rings. The predicted molar refractivity (Wildman–Crippen MR) is 121 cm³/mol. The fourth-order valence-corrected chi connectivity index (χ4v) is 4.45. The first-order chi connectivity index (χ1) is 16.5. The van der Waals surface area contributed by atoms with Crippen LogP contribution in [0.3, 0.4) is 0 Å². The molecule has 2 aliphatic rings. The maximum Gasteiger partial charge on any atom is 0.317 e. The molecule has 0 bridgehead atoms. The van der Waals surface area contributed by atoms with Gasteiger partial charge in [0.05, 0.1) is 20.2 Å². The quantitative estimate of drug-likeness (QED) is 0.699. The van der Waals surface area contributed by atoms with E-state index in [9.17, 15) is 27.6 Å². The van der Waals surface area contributed by atoms with Crippen LogP contribution in [0.1, 0.15) is 18.1 Å². The van der Waals surface area contributed by atoms with Crippen LogP contribution in [0.4, 0.5) is 23.7 Å². The molecule has 0 atom stereocenters. The van der Waals surface area contributed by atoms with Gasteiger partial charge in [0.25, 0.3) is 11.8 Å². The Morgan fingerprint density at radius 3 is 2.34 bits per heavy atom. The summed E-state index contributed by atoms with van der Waals surface area (Å²) in [7, 11) is 2.77. The number of likely N-dealkylation sites (tertiary alicyclic amines) is 1. The monoisotopic (exact) mass is 490 g/mol. The molecule has 8 nitrogen and oxygen atoms in total. The number of carbonyl (C=O) groups is 3. The van der Waals surface area contributed by atoms with E-state index in [4.69, 9.17) is 4.74 Å². The van der Waals surface area contributed by atoms with Crippen molar-refractivity contribution in [2.75, 3.05) is 38.7 Å². The van der Waals surface area contributed by atoms with Gasteiger partial charge in [0, 0.05) is 37.8 Å². The van der Waals surface area contributed by atoms with Crippen molar-refractivity contribution in [2.24, 2.45) is 0 Å². The number of hydrogen-bond donors (Lipinski definition) is 1. The topological polar surface area (TPSA) is 82.2 Å². The first-order valence-electron chi connectivity index (χ1n) is 10.9. The molecule has 4 amide bonds. The zero-order valence-electron chi connectivity index (χ0n) is 19.5. The van der Waals surface area contributed by atoms with E-state index in [0.29, 0.717) is 5.56 Å². The zero-order valence-corrected chi connectivity index (χ0v) is 19.5. The molecule has 11 heteroatoms. The van der Waals surface area contributed by atoms with Gasteiger partial charge in [0.1, 0.15) is 6.54 Å². The van der Waals surface area contributed by atoms with Crippen molar-refractivity contribution >= 4 is 23.5 Å². The molecule has 1 spiro atoms. The second kappa shape index (κ2) is 8.79. The SMILES string of the molecule is CNC(=O)N1CC2(C1)C(=O)N(c1ccc(OC)c(F)c1)CC(=O)N2Cc1ccc(C(C)(F)F)cc1. The molecule has 4 rings (SSSR count). The highest BCUT2D eigenvalue weighted by Crippen LogP contribution is 2.38. The third-order valence-corrected chi connectivity index (χ3v) is 6.41. The van der Waals surface area contributed by atoms with Crippen LogP contribution in [-0.2, 0) is 22.1 Å². The third-order valence-electron chi connectivity index (χ3n) is 6.41. The van der Waals surface area contributed by atoms with Gasteiger partial charge in [0.15, 0.2) is 17.1 Å². The second-order valence-corrected chi connectivity index (χ2v) is 8.72. The minimum atomic E-state index is -3.01. The van der Waals surface area contributed by atoms with Crippen molar-refractivity contribution in [3.05, 3.63) is 59.4 Å². The number of ether oxygens (including phenoxy) is 1. The summed E-state index contributed by atoms with van der Waals surface area (Å²) in [6.45, 7) is 0.334. The predicted octanol–water partition coefficient (Wildman–Crippen LogP) is 2.72. The number of carbonyl (C=O) groups excluding carboxylic acids is 3. The highest BCUT2D eigenvalue weighted by atomic mass is 19.3. The van der Waals surface area contributed by atoms with Crippen LogP contribution in [0.15, 0.2) is 42.5 Å². The van der Waals surface area contributed by atoms with Crippen LogP contribution >= 0.6 is 0 Å². The number of rotatable bonds is 5. The molecule has 186 valence electrons. The van der Waals surface area contributed by atoms with Crippen LogP contribution in [0.2, 0.25) is 0 Å². The van der Waals surface area contributed by atoms with Gasteiger partial charge in [-0.1, -0.05) is 24.3 Å². The normalized spacial score (nSPS) is 17.5. The summed E-state index contributed by atoms with van der Waals surface area (Å²) in [6, 6.07) is 9.09. The van der Waals surface area contributed by atoms with Crippen LogP contribution < -0.4 is 15.0 Å². The summed E-state index contributed by atoms with van der Waals surface area (Å²) >= 11 is 0. The highest BCUT2D eigenvalue weighted by Gasteiger charge is 2.60. The number of piperazine rings is 1. The minimum absolute atomic E-state index is 0.00332. The van der Waals surface area contributed by atoms with Crippen LogP contribution in [-0.4, -0.2) is 67.0 Å². The van der Waals surface area contributed by atoms with E-state index >= 15 is 0 Å². The molecule has 0 saturated carbocycles.